The minimum absolute atomic E-state index is 0.0464. The average Bonchev–Trinajstić information content (AvgIpc) is 3.84. The lowest BCUT2D eigenvalue weighted by atomic mass is 9.86. The van der Waals surface area contributed by atoms with E-state index in [0.29, 0.717) is 37.1 Å². The number of alkyl halides is 42. The van der Waals surface area contributed by atoms with Crippen molar-refractivity contribution in [3.8, 4) is 0 Å². The van der Waals surface area contributed by atoms with Crippen LogP contribution in [0.5, 0.6) is 0 Å². The Morgan fingerprint density at radius 2 is 0.519 bits per heavy atom. The summed E-state index contributed by atoms with van der Waals surface area (Å²) < 4.78 is 588. The van der Waals surface area contributed by atoms with E-state index >= 15 is 17.6 Å². The van der Waals surface area contributed by atoms with Gasteiger partial charge in [0, 0.05) is 18.9 Å². The maximum atomic E-state index is 15.2. The zero-order chi connectivity index (χ0) is 65.3. The van der Waals surface area contributed by atoms with Gasteiger partial charge in [-0.05, 0) is 50.5 Å². The Kier molecular flexibility index (Phi) is 18.4. The number of nitrogens with zero attached hydrogens (tertiary/aromatic N) is 1. The Morgan fingerprint density at radius 3 is 0.728 bits per heavy atom. The van der Waals surface area contributed by atoms with Crippen LogP contribution in [0.25, 0.3) is 0 Å². The molecule has 0 N–H and O–H groups in total. The Hall–Kier alpha value is -3.54. The van der Waals surface area contributed by atoms with E-state index in [2.05, 4.69) is 0 Å². The number of benzene rings is 1. The van der Waals surface area contributed by atoms with Crippen molar-refractivity contribution in [1.82, 2.24) is 4.90 Å². The highest BCUT2D eigenvalue weighted by atomic mass is 28.3. The monoisotopic (exact) mass is 1310 g/mol. The predicted octanol–water partition coefficient (Wildman–Crippen LogP) is 17.5. The molecule has 1 fully saturated rings. The molecular weight excluding hydrogens is 1280 g/mol. The summed E-state index contributed by atoms with van der Waals surface area (Å²) in [4.78, 5) is 1.57. The van der Waals surface area contributed by atoms with Gasteiger partial charge in [-0.25, -0.2) is 0 Å². The molecule has 0 aliphatic carbocycles. The van der Waals surface area contributed by atoms with Crippen molar-refractivity contribution in [3.63, 3.8) is 0 Å². The Morgan fingerprint density at radius 1 is 0.321 bits per heavy atom. The first-order valence-corrected chi connectivity index (χ1v) is 23.6. The summed E-state index contributed by atoms with van der Waals surface area (Å²) in [6.45, 7) is 1.72. The van der Waals surface area contributed by atoms with Crippen LogP contribution < -0.4 is 5.19 Å². The van der Waals surface area contributed by atoms with Crippen LogP contribution in [0.2, 0.25) is 18.6 Å². The summed E-state index contributed by atoms with van der Waals surface area (Å²) in [5.41, 5.74) is -0.0686. The van der Waals surface area contributed by atoms with E-state index in [1.807, 2.05) is 0 Å². The van der Waals surface area contributed by atoms with Crippen LogP contribution in [0.3, 0.4) is 0 Å². The fourth-order valence-electron chi connectivity index (χ4n) is 7.28. The van der Waals surface area contributed by atoms with Gasteiger partial charge in [-0.15, -0.1) is 0 Å². The van der Waals surface area contributed by atoms with Crippen molar-refractivity contribution in [3.05, 3.63) is 29.8 Å². The minimum atomic E-state index is -9.68. The second kappa shape index (κ2) is 20.3. The number of halogens is 42. The molecule has 1 atom stereocenters. The molecule has 1 aromatic rings. The van der Waals surface area contributed by atoms with E-state index < -0.39 is 163 Å². The normalized spacial score (nSPS) is 18.0. The number of rotatable bonds is 25. The highest BCUT2D eigenvalue weighted by Gasteiger charge is 3.00. The van der Waals surface area contributed by atoms with Gasteiger partial charge in [0.2, 0.25) is 0 Å². The third kappa shape index (κ3) is 10.2. The number of likely N-dealkylation sites (tertiary alicyclic amines) is 1. The molecule has 0 unspecified atom stereocenters. The van der Waals surface area contributed by atoms with Gasteiger partial charge in [-0.3, -0.25) is 4.90 Å². The zero-order valence-corrected chi connectivity index (χ0v) is 39.4. The molecule has 1 aliphatic rings. The van der Waals surface area contributed by atoms with Gasteiger partial charge < -0.3 is 0 Å². The van der Waals surface area contributed by atoms with E-state index in [0.717, 1.165) is 0 Å². The smallest absolute Gasteiger partial charge is 0.297 e. The van der Waals surface area contributed by atoms with Crippen LogP contribution >= 0.6 is 0 Å². The molecule has 0 aromatic heterocycles. The fourth-order valence-corrected chi connectivity index (χ4v) is 10.8. The van der Waals surface area contributed by atoms with Crippen molar-refractivity contribution in [2.24, 2.45) is 0 Å². The third-order valence-corrected chi connectivity index (χ3v) is 17.3. The SMILES string of the molecule is C[C@H](c1ccc([Si](C)(CCC(F)(F)C(F)(F)C(F)(F)C(F)(F)C(F)(F)C(F)(F)C(F)(F)C(F)(F)C(F)(F)C(F)(F)F)CCC(F)(F)C(F)(F)C(F)(F)C(F)(F)C(F)(F)C(F)(F)C(F)(F)C(F)(F)C(F)(F)C(F)(F)F)cc1)N1CCCC1. The summed E-state index contributed by atoms with van der Waals surface area (Å²) in [5.74, 6) is -164. The second-order valence-electron chi connectivity index (χ2n) is 18.2. The molecular formula is C37H27F42NSi. The Balaban J connectivity index is 2.84. The number of hydrogen-bond donors (Lipinski definition) is 0. The van der Waals surface area contributed by atoms with Crippen molar-refractivity contribution in [2.75, 3.05) is 13.1 Å². The molecule has 1 heterocycles. The molecule has 2 rings (SSSR count). The molecule has 1 saturated heterocycles. The van der Waals surface area contributed by atoms with E-state index in [9.17, 15) is 167 Å². The summed E-state index contributed by atoms with van der Waals surface area (Å²) >= 11 is 0. The lowest BCUT2D eigenvalue weighted by Gasteiger charge is -2.45. The van der Waals surface area contributed by atoms with E-state index in [1.165, 1.54) is 6.92 Å². The van der Waals surface area contributed by atoms with Crippen LogP contribution in [-0.2, 0) is 0 Å². The predicted molar refractivity (Wildman–Crippen MR) is 187 cm³/mol. The highest BCUT2D eigenvalue weighted by molar-refractivity contribution is 6.90. The van der Waals surface area contributed by atoms with Crippen LogP contribution in [0.15, 0.2) is 24.3 Å². The van der Waals surface area contributed by atoms with Gasteiger partial charge in [0.15, 0.2) is 0 Å². The van der Waals surface area contributed by atoms with Crippen molar-refractivity contribution in [2.45, 2.75) is 176 Å². The van der Waals surface area contributed by atoms with Crippen LogP contribution in [0, 0.1) is 0 Å². The topological polar surface area (TPSA) is 3.24 Å². The first-order valence-electron chi connectivity index (χ1n) is 20.7. The standard InChI is InChI=1S/C37H27F42NSi/c1-15(80-11-3-4-12-80)16-5-7-17(8-6-16)81(2,13-9-18(38,39)20(42,43)22(46,47)24(50,51)26(54,55)28(58,59)30(62,63)32(66,67)34(70,71)36(74,75)76)14-10-19(40,41)21(44,45)23(48,49)25(52,53)27(56,57)29(60,61)31(64,65)33(68,69)35(72,73)37(77,78)79/h5-8,15H,3-4,9-14H2,1-2H3/t15-/m1/s1. The molecule has 44 heteroatoms. The van der Waals surface area contributed by atoms with Crippen LogP contribution in [0.4, 0.5) is 184 Å². The maximum Gasteiger partial charge on any atom is 0.460 e. The summed E-state index contributed by atoms with van der Waals surface area (Å²) in [7, 11) is -5.83. The van der Waals surface area contributed by atoms with Gasteiger partial charge in [-0.2, -0.15) is 184 Å². The first kappa shape index (κ1) is 73.6. The molecule has 0 radical (unpaired) electrons. The number of hydrogen-bond acceptors (Lipinski definition) is 1. The lowest BCUT2D eigenvalue weighted by molar-refractivity contribution is -0.474. The van der Waals surface area contributed by atoms with Gasteiger partial charge in [0.05, 0.1) is 8.07 Å². The molecule has 0 amide bonds. The molecule has 0 bridgehead atoms. The molecule has 1 nitrogen and oxygen atoms in total. The quantitative estimate of drug-likeness (QED) is 0.0697. The van der Waals surface area contributed by atoms with Gasteiger partial charge >= 0.3 is 119 Å². The van der Waals surface area contributed by atoms with Gasteiger partial charge in [-0.1, -0.05) is 36.0 Å². The van der Waals surface area contributed by atoms with Crippen molar-refractivity contribution < 1.29 is 184 Å². The molecule has 81 heavy (non-hydrogen) atoms. The molecule has 1 aliphatic heterocycles. The molecule has 0 saturated carbocycles. The minimum Gasteiger partial charge on any atom is -0.297 e. The van der Waals surface area contributed by atoms with E-state index in [4.69, 9.17) is 0 Å². The van der Waals surface area contributed by atoms with Crippen LogP contribution in [0.1, 0.15) is 44.2 Å². The van der Waals surface area contributed by atoms with E-state index in [-0.39, 0.29) is 25.2 Å². The highest BCUT2D eigenvalue weighted by Crippen LogP contribution is 2.69. The fraction of sp³-hybridized carbons (Fsp3) is 0.838. The second-order valence-corrected chi connectivity index (χ2v) is 22.9. The van der Waals surface area contributed by atoms with E-state index in [1.54, 1.807) is 4.90 Å². The molecule has 478 valence electrons. The Bertz CT molecular complexity index is 2210. The molecule has 0 spiro atoms. The Labute approximate surface area is 422 Å². The van der Waals surface area contributed by atoms with Gasteiger partial charge in [0.1, 0.15) is 0 Å². The van der Waals surface area contributed by atoms with Crippen LogP contribution in [-0.4, -0.2) is 145 Å². The largest absolute Gasteiger partial charge is 0.460 e. The van der Waals surface area contributed by atoms with Crippen molar-refractivity contribution >= 4 is 13.3 Å². The molecule has 1 aromatic carbocycles. The summed E-state index contributed by atoms with van der Waals surface area (Å²) in [6.07, 6.45) is -23.2. The zero-order valence-electron chi connectivity index (χ0n) is 38.4. The average molecular weight is 1310 g/mol. The first-order chi connectivity index (χ1) is 34.9. The third-order valence-electron chi connectivity index (χ3n) is 12.9. The van der Waals surface area contributed by atoms with Gasteiger partial charge in [0.25, 0.3) is 0 Å². The summed E-state index contributed by atoms with van der Waals surface area (Å²) in [5, 5.41) is -1.19. The van der Waals surface area contributed by atoms with Crippen molar-refractivity contribution in [1.29, 1.82) is 0 Å². The lowest BCUT2D eigenvalue weighted by Crippen LogP contribution is -2.76. The maximum absolute atomic E-state index is 15.2. The summed E-state index contributed by atoms with van der Waals surface area (Å²) in [6, 6.07) is -4.15.